The monoisotopic (exact) mass is 236 g/mol. The molecule has 2 rings (SSSR count). The second-order valence-electron chi connectivity index (χ2n) is 4.97. The molecule has 0 aromatic rings. The van der Waals surface area contributed by atoms with E-state index in [4.69, 9.17) is 10.7 Å². The van der Waals surface area contributed by atoms with Crippen molar-refractivity contribution in [3.8, 4) is 0 Å². The SMILES string of the molecule is CCCNC1(CCC)N=C(N)NC2=C1CCC2. The summed E-state index contributed by atoms with van der Waals surface area (Å²) in [5.74, 6) is 0.572. The van der Waals surface area contributed by atoms with Crippen molar-refractivity contribution >= 4 is 5.96 Å². The first kappa shape index (κ1) is 12.4. The van der Waals surface area contributed by atoms with E-state index in [0.29, 0.717) is 5.96 Å². The number of nitrogens with two attached hydrogens (primary N) is 1. The van der Waals surface area contributed by atoms with E-state index in [2.05, 4.69) is 24.5 Å². The maximum absolute atomic E-state index is 5.93. The van der Waals surface area contributed by atoms with Crippen LogP contribution in [0.25, 0.3) is 0 Å². The fourth-order valence-corrected chi connectivity index (χ4v) is 2.93. The predicted molar refractivity (Wildman–Crippen MR) is 71.6 cm³/mol. The van der Waals surface area contributed by atoms with Crippen molar-refractivity contribution in [2.45, 2.75) is 58.0 Å². The highest BCUT2D eigenvalue weighted by Crippen LogP contribution is 2.38. The van der Waals surface area contributed by atoms with Crippen LogP contribution >= 0.6 is 0 Å². The summed E-state index contributed by atoms with van der Waals surface area (Å²) in [6.45, 7) is 5.39. The molecule has 0 saturated heterocycles. The van der Waals surface area contributed by atoms with E-state index < -0.39 is 0 Å². The second-order valence-corrected chi connectivity index (χ2v) is 4.97. The second kappa shape index (κ2) is 5.08. The smallest absolute Gasteiger partial charge is 0.195 e. The van der Waals surface area contributed by atoms with Crippen LogP contribution in [0.3, 0.4) is 0 Å². The van der Waals surface area contributed by atoms with Crippen molar-refractivity contribution in [3.63, 3.8) is 0 Å². The van der Waals surface area contributed by atoms with Crippen molar-refractivity contribution in [2.24, 2.45) is 10.7 Å². The standard InChI is InChI=1S/C13H24N4/c1-3-8-13(15-9-4-2)10-6-5-7-11(10)16-12(14)17-13/h15H,3-9H2,1-2H3,(H3,14,16,17). The zero-order chi connectivity index (χ0) is 12.3. The van der Waals surface area contributed by atoms with E-state index in [0.717, 1.165) is 38.6 Å². The molecule has 17 heavy (non-hydrogen) atoms. The number of nitrogens with zero attached hydrogens (tertiary/aromatic N) is 1. The van der Waals surface area contributed by atoms with Gasteiger partial charge in [-0.25, -0.2) is 4.99 Å². The van der Waals surface area contributed by atoms with Crippen molar-refractivity contribution in [3.05, 3.63) is 11.3 Å². The Balaban J connectivity index is 2.29. The van der Waals surface area contributed by atoms with E-state index in [1.54, 1.807) is 0 Å². The lowest BCUT2D eigenvalue weighted by Crippen LogP contribution is -2.52. The first-order valence-electron chi connectivity index (χ1n) is 6.81. The molecule has 2 aliphatic rings. The van der Waals surface area contributed by atoms with E-state index in [9.17, 15) is 0 Å². The quantitative estimate of drug-likeness (QED) is 0.682. The minimum Gasteiger partial charge on any atom is -0.370 e. The van der Waals surface area contributed by atoms with Gasteiger partial charge >= 0.3 is 0 Å². The first-order chi connectivity index (χ1) is 8.22. The molecule has 4 nitrogen and oxygen atoms in total. The highest BCUT2D eigenvalue weighted by atomic mass is 15.2. The molecule has 0 aromatic carbocycles. The molecule has 0 amide bonds. The van der Waals surface area contributed by atoms with Crippen LogP contribution in [0.15, 0.2) is 16.3 Å². The summed E-state index contributed by atoms with van der Waals surface area (Å²) < 4.78 is 0. The van der Waals surface area contributed by atoms with Gasteiger partial charge in [0.2, 0.25) is 0 Å². The maximum atomic E-state index is 5.93. The average molecular weight is 236 g/mol. The molecule has 0 spiro atoms. The Labute approximate surface area is 104 Å². The summed E-state index contributed by atoms with van der Waals surface area (Å²) in [6, 6.07) is 0. The number of hydrogen-bond donors (Lipinski definition) is 3. The topological polar surface area (TPSA) is 62.4 Å². The van der Waals surface area contributed by atoms with Gasteiger partial charge in [0.05, 0.1) is 0 Å². The fourth-order valence-electron chi connectivity index (χ4n) is 2.93. The van der Waals surface area contributed by atoms with Crippen molar-refractivity contribution < 1.29 is 0 Å². The Morgan fingerprint density at radius 3 is 2.88 bits per heavy atom. The normalized spacial score (nSPS) is 27.8. The molecule has 1 unspecified atom stereocenters. The van der Waals surface area contributed by atoms with E-state index in [1.165, 1.54) is 17.7 Å². The van der Waals surface area contributed by atoms with Crippen LogP contribution < -0.4 is 16.4 Å². The van der Waals surface area contributed by atoms with Crippen LogP contribution in [0.4, 0.5) is 0 Å². The van der Waals surface area contributed by atoms with E-state index >= 15 is 0 Å². The molecule has 4 heteroatoms. The van der Waals surface area contributed by atoms with Crippen molar-refractivity contribution in [1.29, 1.82) is 0 Å². The van der Waals surface area contributed by atoms with Crippen molar-refractivity contribution in [1.82, 2.24) is 10.6 Å². The molecular weight excluding hydrogens is 212 g/mol. The Morgan fingerprint density at radius 2 is 2.18 bits per heavy atom. The van der Waals surface area contributed by atoms with Gasteiger partial charge in [0.1, 0.15) is 5.66 Å². The molecule has 0 aromatic heterocycles. The Morgan fingerprint density at radius 1 is 1.35 bits per heavy atom. The van der Waals surface area contributed by atoms with Gasteiger partial charge < -0.3 is 11.1 Å². The Kier molecular flexibility index (Phi) is 3.72. The van der Waals surface area contributed by atoms with Crippen molar-refractivity contribution in [2.75, 3.05) is 6.54 Å². The minimum atomic E-state index is -0.216. The molecule has 1 aliphatic heterocycles. The summed E-state index contributed by atoms with van der Waals surface area (Å²) in [5.41, 5.74) is 8.48. The summed E-state index contributed by atoms with van der Waals surface area (Å²) in [6.07, 6.45) is 6.76. The summed E-state index contributed by atoms with van der Waals surface area (Å²) in [7, 11) is 0. The van der Waals surface area contributed by atoms with Gasteiger partial charge in [0.25, 0.3) is 0 Å². The van der Waals surface area contributed by atoms with Crippen LogP contribution in [0, 0.1) is 0 Å². The van der Waals surface area contributed by atoms with Crippen LogP contribution in [-0.2, 0) is 0 Å². The van der Waals surface area contributed by atoms with Gasteiger partial charge in [-0.2, -0.15) is 0 Å². The maximum Gasteiger partial charge on any atom is 0.195 e. The molecule has 0 saturated carbocycles. The first-order valence-corrected chi connectivity index (χ1v) is 6.81. The number of nitrogens with one attached hydrogen (secondary N) is 2. The zero-order valence-corrected chi connectivity index (χ0v) is 11.0. The van der Waals surface area contributed by atoms with Gasteiger partial charge in [-0.05, 0) is 44.2 Å². The molecule has 96 valence electrons. The highest BCUT2D eigenvalue weighted by Gasteiger charge is 2.39. The lowest BCUT2D eigenvalue weighted by atomic mass is 9.92. The zero-order valence-electron chi connectivity index (χ0n) is 11.0. The molecule has 0 radical (unpaired) electrons. The largest absolute Gasteiger partial charge is 0.370 e. The number of hydrogen-bond acceptors (Lipinski definition) is 4. The molecule has 1 atom stereocenters. The van der Waals surface area contributed by atoms with Crippen LogP contribution in [0.2, 0.25) is 0 Å². The third-order valence-electron chi connectivity index (χ3n) is 3.59. The van der Waals surface area contributed by atoms with Gasteiger partial charge in [0, 0.05) is 5.70 Å². The lowest BCUT2D eigenvalue weighted by Gasteiger charge is -2.37. The summed E-state index contributed by atoms with van der Waals surface area (Å²) in [4.78, 5) is 4.70. The van der Waals surface area contributed by atoms with Crippen LogP contribution in [-0.4, -0.2) is 18.2 Å². The minimum absolute atomic E-state index is 0.216. The van der Waals surface area contributed by atoms with E-state index in [-0.39, 0.29) is 5.66 Å². The van der Waals surface area contributed by atoms with Gasteiger partial charge in [-0.1, -0.05) is 20.3 Å². The molecule has 4 N–H and O–H groups in total. The van der Waals surface area contributed by atoms with Crippen LogP contribution in [0.5, 0.6) is 0 Å². The third-order valence-corrected chi connectivity index (χ3v) is 3.59. The summed E-state index contributed by atoms with van der Waals surface area (Å²) in [5, 5.41) is 6.86. The number of aliphatic imine (C=N–C) groups is 1. The fraction of sp³-hybridized carbons (Fsp3) is 0.769. The van der Waals surface area contributed by atoms with Gasteiger partial charge in [-0.3, -0.25) is 5.32 Å². The molecule has 0 bridgehead atoms. The molecule has 1 heterocycles. The molecular formula is C13H24N4. The highest BCUT2D eigenvalue weighted by molar-refractivity contribution is 5.82. The van der Waals surface area contributed by atoms with E-state index in [1.807, 2.05) is 0 Å². The Bertz CT molecular complexity index is 345. The van der Waals surface area contributed by atoms with Crippen LogP contribution in [0.1, 0.15) is 52.4 Å². The summed E-state index contributed by atoms with van der Waals surface area (Å²) >= 11 is 0. The lowest BCUT2D eigenvalue weighted by molar-refractivity contribution is 0.352. The molecule has 0 fully saturated rings. The predicted octanol–water partition coefficient (Wildman–Crippen LogP) is 1.84. The van der Waals surface area contributed by atoms with Gasteiger partial charge in [-0.15, -0.1) is 0 Å². The van der Waals surface area contributed by atoms with Gasteiger partial charge in [0.15, 0.2) is 5.96 Å². The third kappa shape index (κ3) is 2.32. The number of guanidine groups is 1. The Hall–Kier alpha value is -1.03. The average Bonchev–Trinajstić information content (AvgIpc) is 2.75. The number of rotatable bonds is 5. The number of allylic oxidation sites excluding steroid dienone is 1. The molecule has 1 aliphatic carbocycles.